The molecule has 0 bridgehead atoms. The molecule has 3 aliphatic rings. The van der Waals surface area contributed by atoms with E-state index in [4.69, 9.17) is 4.99 Å². The molecule has 2 N–H and O–H groups in total. The second-order valence-electron chi connectivity index (χ2n) is 16.4. The second-order valence-corrected chi connectivity index (χ2v) is 16.4. The van der Waals surface area contributed by atoms with Crippen molar-refractivity contribution in [3.05, 3.63) is 269 Å². The summed E-state index contributed by atoms with van der Waals surface area (Å²) in [6.07, 6.45) is -0.294. The van der Waals surface area contributed by atoms with Gasteiger partial charge in [-0.15, -0.1) is 0 Å². The summed E-state index contributed by atoms with van der Waals surface area (Å²) in [5, 5.41) is 7.44. The zero-order valence-corrected chi connectivity index (χ0v) is 34.0. The van der Waals surface area contributed by atoms with Gasteiger partial charge in [0, 0.05) is 11.3 Å². The molecule has 2 aliphatic heterocycles. The number of benzene rings is 9. The lowest BCUT2D eigenvalue weighted by molar-refractivity contribution is 0.409. The second kappa shape index (κ2) is 14.7. The van der Waals surface area contributed by atoms with E-state index in [1.165, 1.54) is 67.0 Å². The smallest absolute Gasteiger partial charge is 0.131 e. The molecule has 0 aromatic heterocycles. The Morgan fingerprint density at radius 1 is 0.387 bits per heavy atom. The fourth-order valence-corrected chi connectivity index (χ4v) is 10.2. The molecule has 12 rings (SSSR count). The number of fused-ring (bicyclic) bond motifs is 9. The fraction of sp³-hybridized carbons (Fsp3) is 0.0517. The monoisotopic (exact) mass is 794 g/mol. The number of rotatable bonds is 6. The van der Waals surface area contributed by atoms with Gasteiger partial charge in [-0.05, 0) is 103 Å². The van der Waals surface area contributed by atoms with Gasteiger partial charge in [-0.1, -0.05) is 194 Å². The van der Waals surface area contributed by atoms with E-state index in [-0.39, 0.29) is 12.3 Å². The minimum absolute atomic E-state index is 0.119. The SMILES string of the molecule is c1ccc(C2=NC(c3ccccc3)NC(c3ccc(-c4cccc(-c5ccc6c(c5)C5(c7ccccc7-6)c6ccccc6N(c6ccccc6)c6ccccc65)c4)cc3)N2)cc1. The van der Waals surface area contributed by atoms with Crippen molar-refractivity contribution in [2.75, 3.05) is 4.90 Å². The normalized spacial score (nSPS) is 16.6. The molecule has 2 heterocycles. The van der Waals surface area contributed by atoms with Gasteiger partial charge in [0.2, 0.25) is 0 Å². The molecule has 1 spiro atoms. The van der Waals surface area contributed by atoms with Crippen molar-refractivity contribution in [2.45, 2.75) is 17.7 Å². The highest BCUT2D eigenvalue weighted by molar-refractivity contribution is 6.00. The number of anilines is 3. The Labute approximate surface area is 362 Å². The number of nitrogens with one attached hydrogen (secondary N) is 2. The number of aliphatic imine (C=N–C) groups is 1. The van der Waals surface area contributed by atoms with E-state index in [1.54, 1.807) is 0 Å². The molecule has 4 nitrogen and oxygen atoms in total. The molecule has 62 heavy (non-hydrogen) atoms. The maximum atomic E-state index is 5.09. The van der Waals surface area contributed by atoms with Gasteiger partial charge in [-0.3, -0.25) is 5.32 Å². The number of para-hydroxylation sites is 3. The summed E-state index contributed by atoms with van der Waals surface area (Å²) in [7, 11) is 0. The zero-order valence-electron chi connectivity index (χ0n) is 34.0. The van der Waals surface area contributed by atoms with E-state index < -0.39 is 5.41 Å². The summed E-state index contributed by atoms with van der Waals surface area (Å²) in [5.41, 5.74) is 19.0. The Morgan fingerprint density at radius 3 is 1.63 bits per heavy atom. The number of hydrogen-bond donors (Lipinski definition) is 2. The molecular formula is C58H42N4. The maximum Gasteiger partial charge on any atom is 0.131 e. The first kappa shape index (κ1) is 36.1. The van der Waals surface area contributed by atoms with Crippen LogP contribution in [0.2, 0.25) is 0 Å². The van der Waals surface area contributed by atoms with Crippen LogP contribution in [-0.4, -0.2) is 5.84 Å². The number of hydrogen-bond acceptors (Lipinski definition) is 4. The first-order valence-electron chi connectivity index (χ1n) is 21.4. The molecule has 2 unspecified atom stereocenters. The molecule has 2 atom stereocenters. The summed E-state index contributed by atoms with van der Waals surface area (Å²) in [6, 6.07) is 83.7. The van der Waals surface area contributed by atoms with Gasteiger partial charge in [0.1, 0.15) is 18.2 Å². The van der Waals surface area contributed by atoms with Crippen molar-refractivity contribution in [1.82, 2.24) is 10.6 Å². The van der Waals surface area contributed by atoms with Crippen molar-refractivity contribution < 1.29 is 0 Å². The lowest BCUT2D eigenvalue weighted by atomic mass is 9.64. The summed E-state index contributed by atoms with van der Waals surface area (Å²) in [5.74, 6) is 0.882. The Balaban J connectivity index is 0.925. The van der Waals surface area contributed by atoms with Gasteiger partial charge in [0.25, 0.3) is 0 Å². The first-order valence-corrected chi connectivity index (χ1v) is 21.4. The molecule has 1 aliphatic carbocycles. The zero-order chi connectivity index (χ0) is 41.0. The fourth-order valence-electron chi connectivity index (χ4n) is 10.2. The molecule has 9 aromatic carbocycles. The summed E-state index contributed by atoms with van der Waals surface area (Å²) in [4.78, 5) is 7.53. The highest BCUT2D eigenvalue weighted by atomic mass is 15.3. The standard InChI is InChI=1S/C58H42N4/c1-4-17-40(18-5-1)55-59-56(41-19-6-2-7-20-41)61-57(60-55)42-33-31-39(32-34-42)43-21-16-22-44(37-43)45-35-36-48-47-25-10-11-26-49(47)58(52(48)38-45)50-27-12-14-29-53(50)62(46-23-8-3-9-24-46)54-30-15-13-28-51(54)58/h1-38,55,57,60H,(H,59,61). The van der Waals surface area contributed by atoms with Crippen molar-refractivity contribution in [3.8, 4) is 33.4 Å². The molecule has 4 heteroatoms. The molecule has 0 radical (unpaired) electrons. The third-order valence-electron chi connectivity index (χ3n) is 13.0. The highest BCUT2D eigenvalue weighted by Crippen LogP contribution is 2.63. The summed E-state index contributed by atoms with van der Waals surface area (Å²) in [6.45, 7) is 0. The average molecular weight is 795 g/mol. The van der Waals surface area contributed by atoms with Crippen LogP contribution in [0.1, 0.15) is 51.3 Å². The third-order valence-corrected chi connectivity index (χ3v) is 13.0. The molecule has 294 valence electrons. The molecule has 0 amide bonds. The lowest BCUT2D eigenvalue weighted by Gasteiger charge is -2.45. The Morgan fingerprint density at radius 2 is 0.919 bits per heavy atom. The van der Waals surface area contributed by atoms with Crippen molar-refractivity contribution in [1.29, 1.82) is 0 Å². The first-order chi connectivity index (χ1) is 30.7. The van der Waals surface area contributed by atoms with Crippen molar-refractivity contribution in [2.24, 2.45) is 4.99 Å². The van der Waals surface area contributed by atoms with E-state index in [2.05, 4.69) is 234 Å². The topological polar surface area (TPSA) is 39.7 Å². The van der Waals surface area contributed by atoms with Gasteiger partial charge in [0.05, 0.1) is 16.8 Å². The van der Waals surface area contributed by atoms with E-state index in [9.17, 15) is 0 Å². The maximum absolute atomic E-state index is 5.09. The molecule has 9 aromatic rings. The van der Waals surface area contributed by atoms with E-state index >= 15 is 0 Å². The Kier molecular flexibility index (Phi) is 8.58. The highest BCUT2D eigenvalue weighted by Gasteiger charge is 2.51. The Bertz CT molecular complexity index is 3090. The van der Waals surface area contributed by atoms with E-state index in [0.717, 1.165) is 28.2 Å². The minimum atomic E-state index is -0.500. The quantitative estimate of drug-likeness (QED) is 0.176. The van der Waals surface area contributed by atoms with Crippen LogP contribution in [0.4, 0.5) is 17.1 Å². The van der Waals surface area contributed by atoms with Gasteiger partial charge < -0.3 is 10.2 Å². The van der Waals surface area contributed by atoms with Crippen LogP contribution < -0.4 is 15.5 Å². The van der Waals surface area contributed by atoms with Gasteiger partial charge in [-0.25, -0.2) is 4.99 Å². The van der Waals surface area contributed by atoms with Gasteiger partial charge >= 0.3 is 0 Å². The Hall–Kier alpha value is -7.79. The van der Waals surface area contributed by atoms with Crippen LogP contribution in [-0.2, 0) is 5.41 Å². The minimum Gasteiger partial charge on any atom is -0.350 e. The molecular weight excluding hydrogens is 753 g/mol. The predicted molar refractivity (Wildman–Crippen MR) is 254 cm³/mol. The largest absolute Gasteiger partial charge is 0.350 e. The van der Waals surface area contributed by atoms with Crippen LogP contribution in [0.15, 0.2) is 236 Å². The van der Waals surface area contributed by atoms with Crippen LogP contribution in [0.5, 0.6) is 0 Å². The third kappa shape index (κ3) is 5.76. The van der Waals surface area contributed by atoms with Gasteiger partial charge in [0.15, 0.2) is 0 Å². The van der Waals surface area contributed by atoms with E-state index in [0.29, 0.717) is 0 Å². The number of amidine groups is 1. The van der Waals surface area contributed by atoms with Crippen LogP contribution in [0.25, 0.3) is 33.4 Å². The molecule has 0 saturated heterocycles. The van der Waals surface area contributed by atoms with Crippen LogP contribution >= 0.6 is 0 Å². The van der Waals surface area contributed by atoms with Crippen LogP contribution in [0.3, 0.4) is 0 Å². The van der Waals surface area contributed by atoms with Crippen LogP contribution in [0, 0.1) is 0 Å². The van der Waals surface area contributed by atoms with Gasteiger partial charge in [-0.2, -0.15) is 0 Å². The van der Waals surface area contributed by atoms with Crippen molar-refractivity contribution >= 4 is 22.9 Å². The molecule has 0 saturated carbocycles. The number of nitrogens with zero attached hydrogens (tertiary/aromatic N) is 2. The lowest BCUT2D eigenvalue weighted by Crippen LogP contribution is -2.44. The average Bonchev–Trinajstić information content (AvgIpc) is 3.65. The summed E-state index contributed by atoms with van der Waals surface area (Å²) < 4.78 is 0. The molecule has 0 fully saturated rings. The van der Waals surface area contributed by atoms with E-state index in [1.807, 2.05) is 12.1 Å². The van der Waals surface area contributed by atoms with Crippen molar-refractivity contribution in [3.63, 3.8) is 0 Å². The predicted octanol–water partition coefficient (Wildman–Crippen LogP) is 13.5. The summed E-state index contributed by atoms with van der Waals surface area (Å²) >= 11 is 0.